The van der Waals surface area contributed by atoms with Crippen LogP contribution in [0.2, 0.25) is 5.02 Å². The summed E-state index contributed by atoms with van der Waals surface area (Å²) in [5, 5.41) is 3.52. The van der Waals surface area contributed by atoms with E-state index in [0.717, 1.165) is 24.1 Å². The number of hydrogen-bond donors (Lipinski definition) is 1. The van der Waals surface area contributed by atoms with Gasteiger partial charge in [0.2, 0.25) is 0 Å². The van der Waals surface area contributed by atoms with Gasteiger partial charge in [-0.15, -0.1) is 0 Å². The summed E-state index contributed by atoms with van der Waals surface area (Å²) in [5.74, 6) is -0.683. The van der Waals surface area contributed by atoms with Crippen molar-refractivity contribution in [2.75, 3.05) is 6.54 Å². The van der Waals surface area contributed by atoms with Gasteiger partial charge in [-0.2, -0.15) is 0 Å². The maximum atomic E-state index is 13.6. The highest BCUT2D eigenvalue weighted by Crippen LogP contribution is 2.28. The van der Waals surface area contributed by atoms with Crippen LogP contribution < -0.4 is 5.32 Å². The minimum absolute atomic E-state index is 0.0985. The van der Waals surface area contributed by atoms with E-state index in [4.69, 9.17) is 11.6 Å². The van der Waals surface area contributed by atoms with Crippen molar-refractivity contribution in [3.63, 3.8) is 0 Å². The first kappa shape index (κ1) is 15.9. The molecule has 0 spiro atoms. The second-order valence-corrected chi connectivity index (χ2v) is 5.36. The normalized spacial score (nSPS) is 12.4. The molecular weight excluding hydrogens is 292 g/mol. The Labute approximate surface area is 128 Å². The monoisotopic (exact) mass is 309 g/mol. The maximum absolute atomic E-state index is 13.6. The number of halogens is 3. The fourth-order valence-corrected chi connectivity index (χ4v) is 2.51. The standard InChI is InChI=1S/C17H18ClF2N/c1-2-10-21-16(11-12-6-8-13(19)9-7-12)14-4-3-5-15(20)17(14)18/h3-9,16,21H,2,10-11H2,1H3. The van der Waals surface area contributed by atoms with E-state index < -0.39 is 5.82 Å². The Bertz CT molecular complexity index is 584. The quantitative estimate of drug-likeness (QED) is 0.800. The third-order valence-electron chi connectivity index (χ3n) is 3.35. The van der Waals surface area contributed by atoms with E-state index >= 15 is 0 Å². The molecule has 2 aromatic rings. The summed E-state index contributed by atoms with van der Waals surface area (Å²) < 4.78 is 26.6. The smallest absolute Gasteiger partial charge is 0.142 e. The molecule has 0 radical (unpaired) electrons. The third-order valence-corrected chi connectivity index (χ3v) is 3.75. The van der Waals surface area contributed by atoms with Crippen molar-refractivity contribution in [3.8, 4) is 0 Å². The van der Waals surface area contributed by atoms with Gasteiger partial charge in [-0.1, -0.05) is 42.8 Å². The van der Waals surface area contributed by atoms with Gasteiger partial charge in [0.1, 0.15) is 11.6 Å². The molecule has 0 aliphatic heterocycles. The first-order valence-corrected chi connectivity index (χ1v) is 7.41. The Morgan fingerprint density at radius 2 is 1.81 bits per heavy atom. The molecule has 112 valence electrons. The van der Waals surface area contributed by atoms with Crippen LogP contribution in [0.1, 0.15) is 30.5 Å². The first-order valence-electron chi connectivity index (χ1n) is 7.03. The van der Waals surface area contributed by atoms with Crippen LogP contribution in [-0.2, 0) is 6.42 Å². The lowest BCUT2D eigenvalue weighted by Crippen LogP contribution is -2.24. The van der Waals surface area contributed by atoms with Crippen LogP contribution in [0.3, 0.4) is 0 Å². The van der Waals surface area contributed by atoms with Gasteiger partial charge in [0.15, 0.2) is 0 Å². The molecule has 0 saturated carbocycles. The summed E-state index contributed by atoms with van der Waals surface area (Å²) >= 11 is 6.08. The molecule has 0 amide bonds. The van der Waals surface area contributed by atoms with Gasteiger partial charge < -0.3 is 5.32 Å². The van der Waals surface area contributed by atoms with Crippen LogP contribution in [0.25, 0.3) is 0 Å². The average Bonchev–Trinajstić information content (AvgIpc) is 2.48. The minimum Gasteiger partial charge on any atom is -0.310 e. The zero-order chi connectivity index (χ0) is 15.2. The topological polar surface area (TPSA) is 12.0 Å². The summed E-state index contributed by atoms with van der Waals surface area (Å²) in [6, 6.07) is 11.1. The predicted molar refractivity (Wildman–Crippen MR) is 82.5 cm³/mol. The molecule has 2 aromatic carbocycles. The summed E-state index contributed by atoms with van der Waals surface area (Å²) in [6.07, 6.45) is 1.59. The van der Waals surface area contributed by atoms with Crippen LogP contribution in [0.4, 0.5) is 8.78 Å². The van der Waals surface area contributed by atoms with Crippen molar-refractivity contribution >= 4 is 11.6 Å². The van der Waals surface area contributed by atoms with Crippen LogP contribution in [0.5, 0.6) is 0 Å². The molecule has 21 heavy (non-hydrogen) atoms. The molecule has 0 heterocycles. The number of nitrogens with one attached hydrogen (secondary N) is 1. The second-order valence-electron chi connectivity index (χ2n) is 4.98. The highest BCUT2D eigenvalue weighted by molar-refractivity contribution is 6.31. The largest absolute Gasteiger partial charge is 0.310 e. The van der Waals surface area contributed by atoms with Crippen LogP contribution in [0.15, 0.2) is 42.5 Å². The fourth-order valence-electron chi connectivity index (χ4n) is 2.26. The third kappa shape index (κ3) is 4.26. The molecule has 1 nitrogen and oxygen atoms in total. The molecule has 1 unspecified atom stereocenters. The molecule has 4 heteroatoms. The van der Waals surface area contributed by atoms with Crippen molar-refractivity contribution in [3.05, 3.63) is 70.2 Å². The van der Waals surface area contributed by atoms with Gasteiger partial charge in [0.05, 0.1) is 5.02 Å². The number of hydrogen-bond acceptors (Lipinski definition) is 1. The van der Waals surface area contributed by atoms with Crippen LogP contribution in [-0.4, -0.2) is 6.54 Å². The summed E-state index contributed by atoms with van der Waals surface area (Å²) in [4.78, 5) is 0. The molecule has 0 fully saturated rings. The van der Waals surface area contributed by atoms with E-state index in [2.05, 4.69) is 12.2 Å². The van der Waals surface area contributed by atoms with Gasteiger partial charge in [-0.3, -0.25) is 0 Å². The molecule has 0 aromatic heterocycles. The van der Waals surface area contributed by atoms with Crippen molar-refractivity contribution in [2.45, 2.75) is 25.8 Å². The van der Waals surface area contributed by atoms with Crippen molar-refractivity contribution < 1.29 is 8.78 Å². The van der Waals surface area contributed by atoms with Gasteiger partial charge in [-0.05, 0) is 48.7 Å². The Morgan fingerprint density at radius 1 is 1.10 bits per heavy atom. The summed E-state index contributed by atoms with van der Waals surface area (Å²) in [7, 11) is 0. The fraction of sp³-hybridized carbons (Fsp3) is 0.294. The van der Waals surface area contributed by atoms with Gasteiger partial charge in [-0.25, -0.2) is 8.78 Å². The molecule has 1 N–H and O–H groups in total. The van der Waals surface area contributed by atoms with Gasteiger partial charge in [0, 0.05) is 6.04 Å². The number of rotatable bonds is 6. The van der Waals surface area contributed by atoms with E-state index in [1.807, 2.05) is 6.07 Å². The molecule has 0 saturated heterocycles. The van der Waals surface area contributed by atoms with E-state index in [-0.39, 0.29) is 16.9 Å². The van der Waals surface area contributed by atoms with Crippen LogP contribution in [0, 0.1) is 11.6 Å². The maximum Gasteiger partial charge on any atom is 0.142 e. The Balaban J connectivity index is 2.25. The lowest BCUT2D eigenvalue weighted by atomic mass is 9.98. The van der Waals surface area contributed by atoms with E-state index in [1.165, 1.54) is 18.2 Å². The SMILES string of the molecule is CCCNC(Cc1ccc(F)cc1)c1cccc(F)c1Cl. The highest BCUT2D eigenvalue weighted by Gasteiger charge is 2.17. The van der Waals surface area contributed by atoms with Gasteiger partial charge in [0.25, 0.3) is 0 Å². The second kappa shape index (κ2) is 7.53. The Morgan fingerprint density at radius 3 is 2.48 bits per heavy atom. The zero-order valence-corrected chi connectivity index (χ0v) is 12.6. The van der Waals surface area contributed by atoms with E-state index in [1.54, 1.807) is 18.2 Å². The first-order chi connectivity index (χ1) is 10.1. The van der Waals surface area contributed by atoms with Crippen molar-refractivity contribution in [2.24, 2.45) is 0 Å². The zero-order valence-electron chi connectivity index (χ0n) is 11.9. The molecule has 0 aliphatic rings. The molecular formula is C17H18ClF2N. The van der Waals surface area contributed by atoms with E-state index in [9.17, 15) is 8.78 Å². The lowest BCUT2D eigenvalue weighted by Gasteiger charge is -2.20. The van der Waals surface area contributed by atoms with E-state index in [0.29, 0.717) is 6.42 Å². The lowest BCUT2D eigenvalue weighted by molar-refractivity contribution is 0.524. The Hall–Kier alpha value is -1.45. The summed E-state index contributed by atoms with van der Waals surface area (Å²) in [6.45, 7) is 2.87. The molecule has 2 rings (SSSR count). The molecule has 1 atom stereocenters. The highest BCUT2D eigenvalue weighted by atomic mass is 35.5. The number of benzene rings is 2. The predicted octanol–water partition coefficient (Wildman–Crippen LogP) is 4.90. The van der Waals surface area contributed by atoms with Crippen molar-refractivity contribution in [1.82, 2.24) is 5.32 Å². The summed E-state index contributed by atoms with van der Waals surface area (Å²) in [5.41, 5.74) is 1.71. The van der Waals surface area contributed by atoms with Crippen LogP contribution >= 0.6 is 11.6 Å². The van der Waals surface area contributed by atoms with Gasteiger partial charge >= 0.3 is 0 Å². The Kier molecular flexibility index (Phi) is 5.71. The molecule has 0 bridgehead atoms. The average molecular weight is 310 g/mol. The van der Waals surface area contributed by atoms with Crippen molar-refractivity contribution in [1.29, 1.82) is 0 Å². The minimum atomic E-state index is -0.420. The molecule has 0 aliphatic carbocycles.